The maximum atomic E-state index is 3.80. The first kappa shape index (κ1) is 14.6. The van der Waals surface area contributed by atoms with Gasteiger partial charge in [0.25, 0.3) is 0 Å². The highest BCUT2D eigenvalue weighted by Crippen LogP contribution is 2.34. The SMILES string of the molecule is CCCNC(CCc1ccccc1)C1CCC(C)C1. The van der Waals surface area contributed by atoms with Gasteiger partial charge in [0.2, 0.25) is 0 Å². The second kappa shape index (κ2) is 7.69. The van der Waals surface area contributed by atoms with Crippen molar-refractivity contribution >= 4 is 0 Å². The maximum absolute atomic E-state index is 3.80. The number of rotatable bonds is 7. The standard InChI is InChI=1S/C18H29N/c1-3-13-19-18(17-11-9-15(2)14-17)12-10-16-7-5-4-6-8-16/h4-8,15,17-19H,3,9-14H2,1-2H3. The van der Waals surface area contributed by atoms with Crippen LogP contribution in [0.1, 0.15) is 51.5 Å². The van der Waals surface area contributed by atoms with Gasteiger partial charge in [-0.15, -0.1) is 0 Å². The number of hydrogen-bond donors (Lipinski definition) is 1. The predicted octanol–water partition coefficient (Wildman–Crippen LogP) is 4.42. The molecule has 3 unspecified atom stereocenters. The first-order chi connectivity index (χ1) is 9.29. The first-order valence-corrected chi connectivity index (χ1v) is 8.07. The lowest BCUT2D eigenvalue weighted by Gasteiger charge is -2.25. The van der Waals surface area contributed by atoms with Crippen molar-refractivity contribution < 1.29 is 0 Å². The normalized spacial score (nSPS) is 24.5. The van der Waals surface area contributed by atoms with Crippen molar-refractivity contribution in [3.63, 3.8) is 0 Å². The fourth-order valence-corrected chi connectivity index (χ4v) is 3.42. The molecule has 2 rings (SSSR count). The second-order valence-electron chi connectivity index (χ2n) is 6.26. The van der Waals surface area contributed by atoms with Gasteiger partial charge in [0.05, 0.1) is 0 Å². The van der Waals surface area contributed by atoms with E-state index in [1.54, 1.807) is 0 Å². The molecule has 1 N–H and O–H groups in total. The lowest BCUT2D eigenvalue weighted by atomic mass is 9.91. The van der Waals surface area contributed by atoms with Crippen molar-refractivity contribution in [3.05, 3.63) is 35.9 Å². The second-order valence-corrected chi connectivity index (χ2v) is 6.26. The van der Waals surface area contributed by atoms with E-state index in [0.717, 1.165) is 17.9 Å². The van der Waals surface area contributed by atoms with E-state index >= 15 is 0 Å². The molecule has 0 heterocycles. The molecule has 1 saturated carbocycles. The molecule has 106 valence electrons. The monoisotopic (exact) mass is 259 g/mol. The molecule has 19 heavy (non-hydrogen) atoms. The van der Waals surface area contributed by atoms with Crippen LogP contribution in [0.4, 0.5) is 0 Å². The summed E-state index contributed by atoms with van der Waals surface area (Å²) in [5, 5.41) is 3.80. The Morgan fingerprint density at radius 3 is 2.63 bits per heavy atom. The molecule has 1 aromatic carbocycles. The number of aryl methyl sites for hydroxylation is 1. The third-order valence-corrected chi connectivity index (χ3v) is 4.55. The Balaban J connectivity index is 1.86. The molecule has 0 aromatic heterocycles. The van der Waals surface area contributed by atoms with Gasteiger partial charge in [-0.05, 0) is 56.0 Å². The van der Waals surface area contributed by atoms with Crippen LogP contribution in [-0.2, 0) is 6.42 Å². The zero-order chi connectivity index (χ0) is 13.5. The minimum absolute atomic E-state index is 0.727. The summed E-state index contributed by atoms with van der Waals surface area (Å²) in [5.74, 6) is 1.85. The summed E-state index contributed by atoms with van der Waals surface area (Å²) in [6, 6.07) is 11.7. The Bertz CT molecular complexity index is 346. The average molecular weight is 259 g/mol. The van der Waals surface area contributed by atoms with Crippen LogP contribution < -0.4 is 5.32 Å². The lowest BCUT2D eigenvalue weighted by Crippen LogP contribution is -2.36. The van der Waals surface area contributed by atoms with E-state index in [1.807, 2.05) is 0 Å². The lowest BCUT2D eigenvalue weighted by molar-refractivity contribution is 0.333. The molecular weight excluding hydrogens is 230 g/mol. The fraction of sp³-hybridized carbons (Fsp3) is 0.667. The minimum atomic E-state index is 0.727. The molecule has 1 fully saturated rings. The Labute approximate surface area is 118 Å². The Hall–Kier alpha value is -0.820. The first-order valence-electron chi connectivity index (χ1n) is 8.07. The molecule has 0 aliphatic heterocycles. The molecule has 0 radical (unpaired) electrons. The molecule has 0 bridgehead atoms. The van der Waals surface area contributed by atoms with Crippen LogP contribution >= 0.6 is 0 Å². The van der Waals surface area contributed by atoms with Gasteiger partial charge in [-0.1, -0.05) is 50.6 Å². The maximum Gasteiger partial charge on any atom is 0.00985 e. The quantitative estimate of drug-likeness (QED) is 0.764. The smallest absolute Gasteiger partial charge is 0.00985 e. The molecule has 0 spiro atoms. The van der Waals surface area contributed by atoms with E-state index in [1.165, 1.54) is 50.6 Å². The van der Waals surface area contributed by atoms with Gasteiger partial charge in [0.15, 0.2) is 0 Å². The highest BCUT2D eigenvalue weighted by Gasteiger charge is 2.27. The van der Waals surface area contributed by atoms with Crippen LogP contribution in [0.2, 0.25) is 0 Å². The molecule has 0 amide bonds. The highest BCUT2D eigenvalue weighted by molar-refractivity contribution is 5.14. The number of hydrogen-bond acceptors (Lipinski definition) is 1. The van der Waals surface area contributed by atoms with Crippen molar-refractivity contribution in [2.45, 2.75) is 58.4 Å². The molecule has 1 aromatic rings. The molecule has 1 aliphatic carbocycles. The minimum Gasteiger partial charge on any atom is -0.314 e. The van der Waals surface area contributed by atoms with Crippen LogP contribution in [-0.4, -0.2) is 12.6 Å². The summed E-state index contributed by atoms with van der Waals surface area (Å²) in [4.78, 5) is 0. The largest absolute Gasteiger partial charge is 0.314 e. The third kappa shape index (κ3) is 4.65. The van der Waals surface area contributed by atoms with Crippen molar-refractivity contribution in [3.8, 4) is 0 Å². The zero-order valence-electron chi connectivity index (χ0n) is 12.6. The van der Waals surface area contributed by atoms with E-state index < -0.39 is 0 Å². The van der Waals surface area contributed by atoms with Crippen LogP contribution in [0.25, 0.3) is 0 Å². The van der Waals surface area contributed by atoms with Gasteiger partial charge in [-0.25, -0.2) is 0 Å². The average Bonchev–Trinajstić information content (AvgIpc) is 2.86. The van der Waals surface area contributed by atoms with Crippen LogP contribution in [0.15, 0.2) is 30.3 Å². The molecule has 1 nitrogen and oxygen atoms in total. The Kier molecular flexibility index (Phi) is 5.91. The summed E-state index contributed by atoms with van der Waals surface area (Å²) >= 11 is 0. The molecule has 3 atom stereocenters. The van der Waals surface area contributed by atoms with Gasteiger partial charge in [0, 0.05) is 6.04 Å². The molecule has 1 aliphatic rings. The van der Waals surface area contributed by atoms with Gasteiger partial charge in [-0.3, -0.25) is 0 Å². The van der Waals surface area contributed by atoms with Crippen molar-refractivity contribution in [1.82, 2.24) is 5.32 Å². The molecule has 0 saturated heterocycles. The van der Waals surface area contributed by atoms with Crippen molar-refractivity contribution in [1.29, 1.82) is 0 Å². The van der Waals surface area contributed by atoms with Crippen LogP contribution in [0, 0.1) is 11.8 Å². The number of benzene rings is 1. The Morgan fingerprint density at radius 2 is 2.00 bits per heavy atom. The van der Waals surface area contributed by atoms with Gasteiger partial charge >= 0.3 is 0 Å². The summed E-state index contributed by atoms with van der Waals surface area (Å²) in [6.07, 6.45) is 8.03. The van der Waals surface area contributed by atoms with E-state index in [4.69, 9.17) is 0 Å². The number of nitrogens with one attached hydrogen (secondary N) is 1. The molecular formula is C18H29N. The van der Waals surface area contributed by atoms with Gasteiger partial charge in [0.1, 0.15) is 0 Å². The van der Waals surface area contributed by atoms with Crippen molar-refractivity contribution in [2.75, 3.05) is 6.54 Å². The Morgan fingerprint density at radius 1 is 1.21 bits per heavy atom. The molecule has 1 heteroatoms. The summed E-state index contributed by atoms with van der Waals surface area (Å²) in [7, 11) is 0. The van der Waals surface area contributed by atoms with Crippen LogP contribution in [0.3, 0.4) is 0 Å². The van der Waals surface area contributed by atoms with E-state index in [9.17, 15) is 0 Å². The van der Waals surface area contributed by atoms with Crippen molar-refractivity contribution in [2.24, 2.45) is 11.8 Å². The summed E-state index contributed by atoms with van der Waals surface area (Å²) in [5.41, 5.74) is 1.48. The van der Waals surface area contributed by atoms with E-state index in [0.29, 0.717) is 0 Å². The van der Waals surface area contributed by atoms with E-state index in [-0.39, 0.29) is 0 Å². The van der Waals surface area contributed by atoms with Crippen LogP contribution in [0.5, 0.6) is 0 Å². The van der Waals surface area contributed by atoms with Gasteiger partial charge in [-0.2, -0.15) is 0 Å². The topological polar surface area (TPSA) is 12.0 Å². The highest BCUT2D eigenvalue weighted by atomic mass is 14.9. The third-order valence-electron chi connectivity index (χ3n) is 4.55. The fourth-order valence-electron chi connectivity index (χ4n) is 3.42. The summed E-state index contributed by atoms with van der Waals surface area (Å²) < 4.78 is 0. The predicted molar refractivity (Wildman–Crippen MR) is 83.3 cm³/mol. The zero-order valence-corrected chi connectivity index (χ0v) is 12.6. The van der Waals surface area contributed by atoms with Gasteiger partial charge < -0.3 is 5.32 Å². The van der Waals surface area contributed by atoms with E-state index in [2.05, 4.69) is 49.5 Å². The summed E-state index contributed by atoms with van der Waals surface area (Å²) in [6.45, 7) is 5.84.